The van der Waals surface area contributed by atoms with E-state index in [9.17, 15) is 4.79 Å². The Kier molecular flexibility index (Phi) is 5.33. The molecule has 7 heteroatoms. The lowest BCUT2D eigenvalue weighted by Gasteiger charge is -2.23. The van der Waals surface area contributed by atoms with Crippen molar-refractivity contribution in [1.29, 1.82) is 0 Å². The minimum absolute atomic E-state index is 0.187. The van der Waals surface area contributed by atoms with Crippen LogP contribution < -0.4 is 4.74 Å². The van der Waals surface area contributed by atoms with Gasteiger partial charge in [0.25, 0.3) is 11.1 Å². The average Bonchev–Trinajstić information content (AvgIpc) is 3.58. The van der Waals surface area contributed by atoms with Crippen molar-refractivity contribution in [1.82, 2.24) is 14.8 Å². The molecule has 32 heavy (non-hydrogen) atoms. The predicted molar refractivity (Wildman–Crippen MR) is 124 cm³/mol. The summed E-state index contributed by atoms with van der Waals surface area (Å²) in [5.74, 6) is 2.20. The quantitative estimate of drug-likeness (QED) is 0.586. The first kappa shape index (κ1) is 20.1. The van der Waals surface area contributed by atoms with Gasteiger partial charge in [0.1, 0.15) is 11.9 Å². The van der Waals surface area contributed by atoms with E-state index in [1.807, 2.05) is 30.3 Å². The Labute approximate surface area is 191 Å². The lowest BCUT2D eigenvalue weighted by molar-refractivity contribution is -0.140. The minimum Gasteiger partial charge on any atom is -0.431 e. The van der Waals surface area contributed by atoms with E-state index in [2.05, 4.69) is 33.0 Å². The molecule has 0 saturated carbocycles. The number of benzene rings is 2. The summed E-state index contributed by atoms with van der Waals surface area (Å²) in [6.07, 6.45) is 1.71. The maximum Gasteiger partial charge on any atom is 0.279 e. The van der Waals surface area contributed by atoms with Gasteiger partial charge in [-0.25, -0.2) is 4.98 Å². The molecule has 0 spiro atoms. The number of thiazole rings is 1. The van der Waals surface area contributed by atoms with Crippen LogP contribution in [0.25, 0.3) is 10.2 Å². The molecular formula is C25H27N3O3S. The van der Waals surface area contributed by atoms with Gasteiger partial charge in [-0.15, -0.1) is 0 Å². The number of fused-ring (bicyclic) bond motifs is 2. The molecule has 6 rings (SSSR count). The molecule has 2 unspecified atom stereocenters. The van der Waals surface area contributed by atoms with Crippen LogP contribution in [0.4, 0.5) is 0 Å². The van der Waals surface area contributed by atoms with Crippen molar-refractivity contribution in [2.24, 2.45) is 11.8 Å². The first-order valence-corrected chi connectivity index (χ1v) is 12.3. The Balaban J connectivity index is 1.02. The van der Waals surface area contributed by atoms with Gasteiger partial charge in [0.05, 0.1) is 10.2 Å². The molecule has 3 saturated heterocycles. The second kappa shape index (κ2) is 8.46. The highest BCUT2D eigenvalue weighted by atomic mass is 32.1. The number of carbonyl (C=O) groups excluding carboxylic acids is 1. The molecule has 1 amide bonds. The highest BCUT2D eigenvalue weighted by Gasteiger charge is 2.43. The van der Waals surface area contributed by atoms with E-state index < -0.39 is 0 Å². The molecule has 4 heterocycles. The van der Waals surface area contributed by atoms with Gasteiger partial charge in [-0.1, -0.05) is 35.6 Å². The molecule has 6 nitrogen and oxygen atoms in total. The zero-order chi connectivity index (χ0) is 21.5. The van der Waals surface area contributed by atoms with Crippen LogP contribution in [-0.2, 0) is 16.1 Å². The molecule has 3 atom stereocenters. The Morgan fingerprint density at radius 1 is 1.06 bits per heavy atom. The Morgan fingerprint density at radius 2 is 1.84 bits per heavy atom. The molecular weight excluding hydrogens is 422 g/mol. The topological polar surface area (TPSA) is 54.9 Å². The number of amides is 1. The molecule has 1 aromatic heterocycles. The van der Waals surface area contributed by atoms with Gasteiger partial charge in [0.15, 0.2) is 0 Å². The zero-order valence-electron chi connectivity index (χ0n) is 18.0. The molecule has 0 aliphatic carbocycles. The highest BCUT2D eigenvalue weighted by molar-refractivity contribution is 7.20. The maximum absolute atomic E-state index is 12.6. The normalized spacial score (nSPS) is 25.5. The number of carbonyl (C=O) groups is 1. The number of hydrogen-bond donors (Lipinski definition) is 0. The summed E-state index contributed by atoms with van der Waals surface area (Å²) < 4.78 is 12.7. The zero-order valence-corrected chi connectivity index (χ0v) is 18.8. The van der Waals surface area contributed by atoms with Gasteiger partial charge >= 0.3 is 0 Å². The number of aromatic nitrogens is 1. The summed E-state index contributed by atoms with van der Waals surface area (Å²) in [5, 5.41) is 0.674. The van der Waals surface area contributed by atoms with Crippen molar-refractivity contribution in [2.45, 2.75) is 25.5 Å². The van der Waals surface area contributed by atoms with E-state index in [4.69, 9.17) is 9.47 Å². The third-order valence-corrected chi connectivity index (χ3v) is 7.80. The fourth-order valence-electron chi connectivity index (χ4n) is 5.29. The van der Waals surface area contributed by atoms with Crippen LogP contribution in [0.15, 0.2) is 48.5 Å². The standard InChI is InChI=1S/C25H27N3O3S/c29-24(22-5-3-11-30-22)28-15-18-13-27(14-19(18)16-28)12-17-7-9-20(10-8-17)31-25-26-21-4-1-2-6-23(21)32-25/h1-2,4,6-10,18-19,22H,3,5,11-16H2/t18-,19?,22?/m0/s1. The van der Waals surface area contributed by atoms with E-state index in [-0.39, 0.29) is 12.0 Å². The number of para-hydroxylation sites is 1. The summed E-state index contributed by atoms with van der Waals surface area (Å²) in [6.45, 7) is 5.56. The van der Waals surface area contributed by atoms with Gasteiger partial charge in [-0.05, 0) is 54.5 Å². The minimum atomic E-state index is -0.187. The molecule has 3 aromatic rings. The third kappa shape index (κ3) is 4.00. The average molecular weight is 450 g/mol. The van der Waals surface area contributed by atoms with Crippen molar-refractivity contribution in [3.05, 3.63) is 54.1 Å². The first-order chi connectivity index (χ1) is 15.7. The van der Waals surface area contributed by atoms with E-state index >= 15 is 0 Å². The molecule has 0 N–H and O–H groups in total. The van der Waals surface area contributed by atoms with Crippen LogP contribution in [0, 0.1) is 11.8 Å². The van der Waals surface area contributed by atoms with Crippen molar-refractivity contribution in [3.63, 3.8) is 0 Å². The molecule has 3 aliphatic heterocycles. The summed E-state index contributed by atoms with van der Waals surface area (Å²) in [4.78, 5) is 21.8. The smallest absolute Gasteiger partial charge is 0.279 e. The molecule has 3 aliphatic rings. The number of hydrogen-bond acceptors (Lipinski definition) is 6. The Bertz CT molecular complexity index is 1060. The third-order valence-electron chi connectivity index (χ3n) is 6.89. The maximum atomic E-state index is 12.6. The summed E-state index contributed by atoms with van der Waals surface area (Å²) in [6, 6.07) is 16.4. The van der Waals surface area contributed by atoms with Crippen molar-refractivity contribution in [3.8, 4) is 10.9 Å². The van der Waals surface area contributed by atoms with Crippen LogP contribution >= 0.6 is 11.3 Å². The Morgan fingerprint density at radius 3 is 2.56 bits per heavy atom. The van der Waals surface area contributed by atoms with Crippen LogP contribution in [0.2, 0.25) is 0 Å². The number of ether oxygens (including phenoxy) is 2. The van der Waals surface area contributed by atoms with Gasteiger partial charge < -0.3 is 14.4 Å². The van der Waals surface area contributed by atoms with Crippen molar-refractivity contribution >= 4 is 27.5 Å². The molecule has 0 radical (unpaired) electrons. The number of nitrogens with zero attached hydrogens (tertiary/aromatic N) is 3. The van der Waals surface area contributed by atoms with E-state index in [1.54, 1.807) is 11.3 Å². The SMILES string of the molecule is O=C(C1CCCO1)N1CC2CN(Cc3ccc(Oc4nc5ccccc5s4)cc3)C[C@H]2C1. The predicted octanol–water partition coefficient (Wildman–Crippen LogP) is 4.16. The second-order valence-corrected chi connectivity index (χ2v) is 10.1. The van der Waals surface area contributed by atoms with Crippen LogP contribution in [0.1, 0.15) is 18.4 Å². The Hall–Kier alpha value is -2.48. The van der Waals surface area contributed by atoms with Gasteiger partial charge in [-0.3, -0.25) is 9.69 Å². The first-order valence-electron chi connectivity index (χ1n) is 11.5. The lowest BCUT2D eigenvalue weighted by atomic mass is 10.0. The summed E-state index contributed by atoms with van der Waals surface area (Å²) in [7, 11) is 0. The fraction of sp³-hybridized carbons (Fsp3) is 0.440. The summed E-state index contributed by atoms with van der Waals surface area (Å²) >= 11 is 1.56. The lowest BCUT2D eigenvalue weighted by Crippen LogP contribution is -2.39. The van der Waals surface area contributed by atoms with Gasteiger partial charge in [0.2, 0.25) is 0 Å². The highest BCUT2D eigenvalue weighted by Crippen LogP contribution is 2.34. The van der Waals surface area contributed by atoms with Gasteiger partial charge in [-0.2, -0.15) is 0 Å². The van der Waals surface area contributed by atoms with Crippen LogP contribution in [0.5, 0.6) is 10.9 Å². The van der Waals surface area contributed by atoms with Crippen molar-refractivity contribution in [2.75, 3.05) is 32.8 Å². The molecule has 0 bridgehead atoms. The second-order valence-electron chi connectivity index (χ2n) is 9.15. The monoisotopic (exact) mass is 449 g/mol. The van der Waals surface area contributed by atoms with E-state index in [0.717, 1.165) is 68.1 Å². The van der Waals surface area contributed by atoms with E-state index in [0.29, 0.717) is 17.0 Å². The van der Waals surface area contributed by atoms with E-state index in [1.165, 1.54) is 5.56 Å². The van der Waals surface area contributed by atoms with Gasteiger partial charge in [0, 0.05) is 39.3 Å². The van der Waals surface area contributed by atoms with Crippen LogP contribution in [-0.4, -0.2) is 59.6 Å². The van der Waals surface area contributed by atoms with Crippen molar-refractivity contribution < 1.29 is 14.3 Å². The molecule has 166 valence electrons. The molecule has 2 aromatic carbocycles. The summed E-state index contributed by atoms with van der Waals surface area (Å²) in [5.41, 5.74) is 2.26. The number of likely N-dealkylation sites (tertiary alicyclic amines) is 2. The number of rotatable bonds is 5. The molecule has 3 fully saturated rings. The largest absolute Gasteiger partial charge is 0.431 e. The fourth-order valence-corrected chi connectivity index (χ4v) is 6.13. The van der Waals surface area contributed by atoms with Crippen LogP contribution in [0.3, 0.4) is 0 Å².